The summed E-state index contributed by atoms with van der Waals surface area (Å²) in [6.07, 6.45) is 1.30. The first-order chi connectivity index (χ1) is 7.97. The van der Waals surface area contributed by atoms with E-state index < -0.39 is 4.92 Å². The molecular formula is C11H13N3O3. The second kappa shape index (κ2) is 4.04. The first kappa shape index (κ1) is 11.4. The Morgan fingerprint density at radius 2 is 2.06 bits per heavy atom. The van der Waals surface area contributed by atoms with E-state index >= 15 is 0 Å². The molecule has 0 radical (unpaired) electrons. The number of nitrogens with two attached hydrogens (primary N) is 1. The highest BCUT2D eigenvalue weighted by Crippen LogP contribution is 2.31. The van der Waals surface area contributed by atoms with Crippen molar-refractivity contribution in [2.75, 3.05) is 5.73 Å². The summed E-state index contributed by atoms with van der Waals surface area (Å²) in [6.45, 7) is 1.46. The number of hydrogen-bond acceptors (Lipinski definition) is 4. The number of benzene rings is 1. The number of nitrogens with zero attached hydrogens (tertiary/aromatic N) is 1. The Kier molecular flexibility index (Phi) is 2.71. The van der Waals surface area contributed by atoms with Crippen molar-refractivity contribution in [3.63, 3.8) is 0 Å². The van der Waals surface area contributed by atoms with E-state index in [1.165, 1.54) is 13.0 Å². The number of carbonyl (C=O) groups excluding carboxylic acids is 1. The number of nitrogen functional groups attached to an aromatic ring is 1. The van der Waals surface area contributed by atoms with Crippen LogP contribution in [0.2, 0.25) is 0 Å². The monoisotopic (exact) mass is 235 g/mol. The van der Waals surface area contributed by atoms with Crippen molar-refractivity contribution in [2.24, 2.45) is 0 Å². The molecule has 1 aromatic carbocycles. The maximum atomic E-state index is 10.9. The van der Waals surface area contributed by atoms with Crippen molar-refractivity contribution in [1.82, 2.24) is 5.32 Å². The summed E-state index contributed by atoms with van der Waals surface area (Å²) in [5.41, 5.74) is 7.60. The maximum Gasteiger partial charge on any atom is 0.292 e. The molecule has 0 saturated carbocycles. The van der Waals surface area contributed by atoms with Gasteiger partial charge < -0.3 is 11.1 Å². The zero-order valence-electron chi connectivity index (χ0n) is 9.40. The Balaban J connectivity index is 2.27. The zero-order chi connectivity index (χ0) is 12.6. The predicted octanol–water partition coefficient (Wildman–Crippen LogP) is 0.780. The number of nitro groups is 1. The standard InChI is InChI=1S/C11H13N3O3/c1-6(15)13-9-2-7-4-10(12)11(14(16)17)5-8(7)3-9/h4-5,9H,2-3,12H2,1H3,(H,13,15). The molecule has 6 nitrogen and oxygen atoms in total. The highest BCUT2D eigenvalue weighted by atomic mass is 16.6. The Morgan fingerprint density at radius 3 is 2.59 bits per heavy atom. The Hall–Kier alpha value is -2.11. The fourth-order valence-corrected chi connectivity index (χ4v) is 2.23. The van der Waals surface area contributed by atoms with Crippen molar-refractivity contribution in [1.29, 1.82) is 0 Å². The zero-order valence-corrected chi connectivity index (χ0v) is 9.40. The summed E-state index contributed by atoms with van der Waals surface area (Å²) in [6, 6.07) is 3.16. The van der Waals surface area contributed by atoms with Gasteiger partial charge in [-0.15, -0.1) is 0 Å². The molecule has 1 aliphatic rings. The van der Waals surface area contributed by atoms with Crippen LogP contribution >= 0.6 is 0 Å². The van der Waals surface area contributed by atoms with Crippen LogP contribution in [-0.4, -0.2) is 16.9 Å². The average Bonchev–Trinajstić information content (AvgIpc) is 2.56. The van der Waals surface area contributed by atoms with E-state index in [1.54, 1.807) is 6.07 Å². The molecule has 0 aromatic heterocycles. The molecule has 0 bridgehead atoms. The van der Waals surface area contributed by atoms with E-state index in [1.807, 2.05) is 0 Å². The number of rotatable bonds is 2. The van der Waals surface area contributed by atoms with Gasteiger partial charge in [-0.25, -0.2) is 0 Å². The number of nitrogens with one attached hydrogen (secondary N) is 1. The minimum absolute atomic E-state index is 0.0175. The number of anilines is 1. The van der Waals surface area contributed by atoms with Crippen LogP contribution in [0.4, 0.5) is 11.4 Å². The average molecular weight is 235 g/mol. The molecule has 1 atom stereocenters. The largest absolute Gasteiger partial charge is 0.393 e. The first-order valence-electron chi connectivity index (χ1n) is 5.30. The van der Waals surface area contributed by atoms with Gasteiger partial charge >= 0.3 is 0 Å². The number of fused-ring (bicyclic) bond motifs is 1. The van der Waals surface area contributed by atoms with Crippen LogP contribution in [0.15, 0.2) is 12.1 Å². The summed E-state index contributed by atoms with van der Waals surface area (Å²) in [5.74, 6) is -0.0923. The van der Waals surface area contributed by atoms with Gasteiger partial charge in [-0.05, 0) is 30.0 Å². The Bertz CT molecular complexity index is 499. The van der Waals surface area contributed by atoms with E-state index in [4.69, 9.17) is 5.73 Å². The fraction of sp³-hybridized carbons (Fsp3) is 0.364. The maximum absolute atomic E-state index is 10.9. The lowest BCUT2D eigenvalue weighted by molar-refractivity contribution is -0.384. The minimum atomic E-state index is -0.485. The van der Waals surface area contributed by atoms with Crippen LogP contribution in [0.3, 0.4) is 0 Å². The summed E-state index contributed by atoms with van der Waals surface area (Å²) >= 11 is 0. The van der Waals surface area contributed by atoms with E-state index in [0.29, 0.717) is 12.8 Å². The lowest BCUT2D eigenvalue weighted by atomic mass is 10.1. The highest BCUT2D eigenvalue weighted by Gasteiger charge is 2.25. The summed E-state index contributed by atoms with van der Waals surface area (Å²) in [5, 5.41) is 13.5. The molecule has 0 aliphatic heterocycles. The van der Waals surface area contributed by atoms with Gasteiger partial charge in [0.25, 0.3) is 5.69 Å². The number of amides is 1. The third-order valence-corrected chi connectivity index (χ3v) is 2.89. The van der Waals surface area contributed by atoms with Gasteiger partial charge in [-0.2, -0.15) is 0 Å². The molecule has 1 aromatic rings. The molecule has 0 saturated heterocycles. The minimum Gasteiger partial charge on any atom is -0.393 e. The quantitative estimate of drug-likeness (QED) is 0.449. The van der Waals surface area contributed by atoms with Crippen LogP contribution < -0.4 is 11.1 Å². The second-order valence-electron chi connectivity index (χ2n) is 4.24. The molecular weight excluding hydrogens is 222 g/mol. The Labute approximate surface area is 98.0 Å². The molecule has 0 heterocycles. The van der Waals surface area contributed by atoms with Crippen molar-refractivity contribution in [3.8, 4) is 0 Å². The highest BCUT2D eigenvalue weighted by molar-refractivity contribution is 5.73. The summed E-state index contributed by atoms with van der Waals surface area (Å²) in [7, 11) is 0. The molecule has 0 spiro atoms. The predicted molar refractivity (Wildman–Crippen MR) is 62.5 cm³/mol. The summed E-state index contributed by atoms with van der Waals surface area (Å²) in [4.78, 5) is 21.2. The van der Waals surface area contributed by atoms with Gasteiger partial charge in [0, 0.05) is 19.0 Å². The molecule has 6 heteroatoms. The first-order valence-corrected chi connectivity index (χ1v) is 5.30. The third-order valence-electron chi connectivity index (χ3n) is 2.89. The van der Waals surface area contributed by atoms with Crippen LogP contribution in [0, 0.1) is 10.1 Å². The third kappa shape index (κ3) is 2.20. The van der Waals surface area contributed by atoms with Gasteiger partial charge in [0.05, 0.1) is 4.92 Å². The van der Waals surface area contributed by atoms with Crippen molar-refractivity contribution < 1.29 is 9.72 Å². The molecule has 1 unspecified atom stereocenters. The topological polar surface area (TPSA) is 98.3 Å². The van der Waals surface area contributed by atoms with Gasteiger partial charge in [0.15, 0.2) is 0 Å². The molecule has 90 valence electrons. The van der Waals surface area contributed by atoms with Crippen LogP contribution in [0.5, 0.6) is 0 Å². The van der Waals surface area contributed by atoms with Crippen LogP contribution in [0.1, 0.15) is 18.1 Å². The van der Waals surface area contributed by atoms with Crippen LogP contribution in [-0.2, 0) is 17.6 Å². The molecule has 0 fully saturated rings. The molecule has 1 amide bonds. The lowest BCUT2D eigenvalue weighted by Gasteiger charge is -2.08. The van der Waals surface area contributed by atoms with Gasteiger partial charge in [0.1, 0.15) is 5.69 Å². The molecule has 17 heavy (non-hydrogen) atoms. The molecule has 3 N–H and O–H groups in total. The SMILES string of the molecule is CC(=O)NC1Cc2cc(N)c([N+](=O)[O-])cc2C1. The van der Waals surface area contributed by atoms with Gasteiger partial charge in [0.2, 0.25) is 5.91 Å². The van der Waals surface area contributed by atoms with E-state index in [0.717, 1.165) is 11.1 Å². The van der Waals surface area contributed by atoms with Crippen molar-refractivity contribution in [3.05, 3.63) is 33.4 Å². The smallest absolute Gasteiger partial charge is 0.292 e. The lowest BCUT2D eigenvalue weighted by Crippen LogP contribution is -2.33. The van der Waals surface area contributed by atoms with E-state index in [-0.39, 0.29) is 23.3 Å². The van der Waals surface area contributed by atoms with E-state index in [9.17, 15) is 14.9 Å². The summed E-state index contributed by atoms with van der Waals surface area (Å²) < 4.78 is 0. The normalized spacial score (nSPS) is 17.6. The van der Waals surface area contributed by atoms with Gasteiger partial charge in [-0.3, -0.25) is 14.9 Å². The van der Waals surface area contributed by atoms with E-state index in [2.05, 4.69) is 5.32 Å². The molecule has 1 aliphatic carbocycles. The van der Waals surface area contributed by atoms with Gasteiger partial charge in [-0.1, -0.05) is 0 Å². The van der Waals surface area contributed by atoms with Crippen molar-refractivity contribution >= 4 is 17.3 Å². The number of nitro benzene ring substituents is 1. The second-order valence-corrected chi connectivity index (χ2v) is 4.24. The number of carbonyl (C=O) groups is 1. The number of hydrogen-bond donors (Lipinski definition) is 2. The fourth-order valence-electron chi connectivity index (χ4n) is 2.23. The molecule has 2 rings (SSSR count). The van der Waals surface area contributed by atoms with Crippen LogP contribution in [0.25, 0.3) is 0 Å². The Morgan fingerprint density at radius 1 is 1.47 bits per heavy atom. The van der Waals surface area contributed by atoms with Crippen molar-refractivity contribution in [2.45, 2.75) is 25.8 Å².